The number of carbonyl (C=O) groups excluding carboxylic acids is 1. The molecule has 0 fully saturated rings. The van der Waals surface area contributed by atoms with E-state index in [1.165, 1.54) is 17.9 Å². The molecule has 12 heteroatoms. The van der Waals surface area contributed by atoms with Crippen LogP contribution in [0.4, 0.5) is 4.39 Å². The van der Waals surface area contributed by atoms with Crippen molar-refractivity contribution in [3.63, 3.8) is 0 Å². The second kappa shape index (κ2) is 10.5. The molecule has 1 atom stereocenters. The van der Waals surface area contributed by atoms with Crippen LogP contribution in [0, 0.1) is 5.82 Å². The van der Waals surface area contributed by atoms with Gasteiger partial charge in [0, 0.05) is 24.8 Å². The van der Waals surface area contributed by atoms with Crippen LogP contribution >= 0.6 is 0 Å². The first kappa shape index (κ1) is 27.0. The number of aryl methyl sites for hydroxylation is 2. The van der Waals surface area contributed by atoms with Gasteiger partial charge in [-0.2, -0.15) is 0 Å². The normalized spacial score (nSPS) is 13.3. The molecule has 10 nitrogen and oxygen atoms in total. The lowest BCUT2D eigenvalue weighted by Gasteiger charge is -2.25. The summed E-state index contributed by atoms with van der Waals surface area (Å²) in [6.07, 6.45) is 2.84. The van der Waals surface area contributed by atoms with Crippen molar-refractivity contribution in [2.45, 2.75) is 43.9 Å². The fraction of sp³-hybridized carbons (Fsp3) is 0.333. The SMILES string of the molecule is CC(CCn1cnc2cc(-c3ccc(CCCC(=O)O)cc3)c(F)cc2c1=O)(C(=O)NO)S(C)(=O)=O. The number of nitrogens with zero attached hydrogens (tertiary/aromatic N) is 2. The molecule has 1 unspecified atom stereocenters. The van der Waals surface area contributed by atoms with Gasteiger partial charge in [0.15, 0.2) is 14.6 Å². The average Bonchev–Trinajstić information content (AvgIpc) is 2.82. The van der Waals surface area contributed by atoms with E-state index in [2.05, 4.69) is 4.98 Å². The van der Waals surface area contributed by atoms with Crippen molar-refractivity contribution in [3.8, 4) is 11.1 Å². The molecule has 0 radical (unpaired) electrons. The summed E-state index contributed by atoms with van der Waals surface area (Å²) in [6, 6.07) is 9.49. The summed E-state index contributed by atoms with van der Waals surface area (Å²) in [5, 5.41) is 17.7. The zero-order chi connectivity index (χ0) is 26.7. The van der Waals surface area contributed by atoms with Crippen molar-refractivity contribution in [2.75, 3.05) is 6.26 Å². The standard InChI is InChI=1S/C24H26FN3O7S/c1-24(23(32)27-33,36(2,34)35)10-11-28-14-26-20-13-17(19(25)12-18(20)22(28)31)16-8-6-15(7-9-16)4-3-5-21(29)30/h6-9,12-14,33H,3-5,10-11H2,1-2H3,(H,27,32)(H,29,30). The predicted octanol–water partition coefficient (Wildman–Crippen LogP) is 2.31. The molecule has 1 heterocycles. The third kappa shape index (κ3) is 5.60. The molecule has 192 valence electrons. The zero-order valence-corrected chi connectivity index (χ0v) is 20.5. The number of hydrogen-bond acceptors (Lipinski definition) is 7. The summed E-state index contributed by atoms with van der Waals surface area (Å²) in [7, 11) is -3.95. The highest BCUT2D eigenvalue weighted by Crippen LogP contribution is 2.27. The third-order valence-electron chi connectivity index (χ3n) is 6.26. The number of carboxylic acids is 1. The van der Waals surface area contributed by atoms with Crippen molar-refractivity contribution < 1.29 is 32.7 Å². The summed E-state index contributed by atoms with van der Waals surface area (Å²) in [4.78, 5) is 39.8. The first-order valence-electron chi connectivity index (χ1n) is 11.0. The van der Waals surface area contributed by atoms with E-state index < -0.39 is 37.8 Å². The van der Waals surface area contributed by atoms with Crippen LogP contribution in [0.3, 0.4) is 0 Å². The topological polar surface area (TPSA) is 156 Å². The molecule has 0 aliphatic heterocycles. The van der Waals surface area contributed by atoms with Crippen LogP contribution < -0.4 is 11.0 Å². The van der Waals surface area contributed by atoms with E-state index in [0.717, 1.165) is 29.4 Å². The molecule has 0 spiro atoms. The van der Waals surface area contributed by atoms with E-state index in [1.54, 1.807) is 24.3 Å². The minimum Gasteiger partial charge on any atom is -0.481 e. The molecule has 36 heavy (non-hydrogen) atoms. The monoisotopic (exact) mass is 519 g/mol. The van der Waals surface area contributed by atoms with Crippen LogP contribution in [0.2, 0.25) is 0 Å². The molecule has 3 aromatic rings. The van der Waals surface area contributed by atoms with Crippen molar-refractivity contribution in [3.05, 3.63) is 64.5 Å². The number of fused-ring (bicyclic) bond motifs is 1. The lowest BCUT2D eigenvalue weighted by molar-refractivity contribution is -0.137. The molecular formula is C24H26FN3O7S. The van der Waals surface area contributed by atoms with Crippen molar-refractivity contribution >= 4 is 32.6 Å². The minimum absolute atomic E-state index is 0.0169. The summed E-state index contributed by atoms with van der Waals surface area (Å²) >= 11 is 0. The maximum Gasteiger partial charge on any atom is 0.303 e. The summed E-state index contributed by atoms with van der Waals surface area (Å²) < 4.78 is 38.4. The van der Waals surface area contributed by atoms with Crippen LogP contribution in [-0.2, 0) is 32.4 Å². The van der Waals surface area contributed by atoms with Crippen LogP contribution in [0.1, 0.15) is 31.7 Å². The largest absolute Gasteiger partial charge is 0.481 e. The number of rotatable bonds is 10. The van der Waals surface area contributed by atoms with E-state index in [1.807, 2.05) is 0 Å². The van der Waals surface area contributed by atoms with E-state index in [9.17, 15) is 27.2 Å². The van der Waals surface area contributed by atoms with Gasteiger partial charge in [-0.05, 0) is 49.4 Å². The van der Waals surface area contributed by atoms with Crippen molar-refractivity contribution in [2.24, 2.45) is 0 Å². The van der Waals surface area contributed by atoms with Crippen molar-refractivity contribution in [1.29, 1.82) is 0 Å². The number of hydroxylamine groups is 1. The summed E-state index contributed by atoms with van der Waals surface area (Å²) in [5.41, 5.74) is 2.67. The Labute approximate surface area is 206 Å². The van der Waals surface area contributed by atoms with E-state index in [0.29, 0.717) is 18.4 Å². The fourth-order valence-corrected chi connectivity index (χ4v) is 4.62. The Bertz CT molecular complexity index is 1470. The zero-order valence-electron chi connectivity index (χ0n) is 19.7. The van der Waals surface area contributed by atoms with Gasteiger partial charge >= 0.3 is 5.97 Å². The lowest BCUT2D eigenvalue weighted by Crippen LogP contribution is -2.50. The lowest BCUT2D eigenvalue weighted by atomic mass is 10.00. The average molecular weight is 520 g/mol. The Morgan fingerprint density at radius 3 is 2.44 bits per heavy atom. The number of carbonyl (C=O) groups is 2. The number of carboxylic acid groups (broad SMARTS) is 1. The van der Waals surface area contributed by atoms with Gasteiger partial charge in [-0.3, -0.25) is 24.2 Å². The van der Waals surface area contributed by atoms with Crippen LogP contribution in [0.15, 0.2) is 47.5 Å². The molecule has 1 amide bonds. The molecule has 3 N–H and O–H groups in total. The molecule has 0 aliphatic rings. The fourth-order valence-electron chi connectivity index (χ4n) is 3.77. The number of sulfone groups is 1. The Morgan fingerprint density at radius 2 is 1.86 bits per heavy atom. The Hall–Kier alpha value is -3.64. The molecule has 0 aliphatic carbocycles. The van der Waals surface area contributed by atoms with Crippen molar-refractivity contribution in [1.82, 2.24) is 15.0 Å². The minimum atomic E-state index is -3.95. The van der Waals surface area contributed by atoms with Crippen LogP contribution in [0.5, 0.6) is 0 Å². The first-order chi connectivity index (χ1) is 16.9. The number of benzene rings is 2. The van der Waals surface area contributed by atoms with Crippen LogP contribution in [-0.4, -0.2) is 51.2 Å². The highest BCUT2D eigenvalue weighted by Gasteiger charge is 2.43. The second-order valence-corrected chi connectivity index (χ2v) is 11.2. The van der Waals surface area contributed by atoms with Gasteiger partial charge in [-0.1, -0.05) is 24.3 Å². The molecular weight excluding hydrogens is 493 g/mol. The molecule has 0 bridgehead atoms. The maximum absolute atomic E-state index is 15.0. The third-order valence-corrected chi connectivity index (χ3v) is 8.29. The highest BCUT2D eigenvalue weighted by atomic mass is 32.2. The summed E-state index contributed by atoms with van der Waals surface area (Å²) in [5.74, 6) is -2.65. The number of aliphatic carboxylic acids is 1. The summed E-state index contributed by atoms with van der Waals surface area (Å²) in [6.45, 7) is 0.919. The Balaban J connectivity index is 1.88. The van der Waals surface area contributed by atoms with Gasteiger partial charge in [0.2, 0.25) is 0 Å². The van der Waals surface area contributed by atoms with Gasteiger partial charge < -0.3 is 5.11 Å². The number of aromatic nitrogens is 2. The number of nitrogens with one attached hydrogen (secondary N) is 1. The van der Waals surface area contributed by atoms with Gasteiger partial charge in [-0.15, -0.1) is 0 Å². The first-order valence-corrected chi connectivity index (χ1v) is 12.9. The van der Waals surface area contributed by atoms with E-state index >= 15 is 0 Å². The molecule has 2 aromatic carbocycles. The van der Waals surface area contributed by atoms with Gasteiger partial charge in [0.05, 0.1) is 17.2 Å². The van der Waals surface area contributed by atoms with Gasteiger partial charge in [0.1, 0.15) is 5.82 Å². The molecule has 1 aromatic heterocycles. The van der Waals surface area contributed by atoms with Crippen LogP contribution in [0.25, 0.3) is 22.0 Å². The Kier molecular flexibility index (Phi) is 7.89. The number of halogens is 1. The second-order valence-electron chi connectivity index (χ2n) is 8.73. The van der Waals surface area contributed by atoms with E-state index in [4.69, 9.17) is 10.3 Å². The quantitative estimate of drug-likeness (QED) is 0.272. The molecule has 0 saturated carbocycles. The Morgan fingerprint density at radius 1 is 1.19 bits per heavy atom. The molecule has 0 saturated heterocycles. The van der Waals surface area contributed by atoms with Gasteiger partial charge in [0.25, 0.3) is 11.5 Å². The van der Waals surface area contributed by atoms with E-state index in [-0.39, 0.29) is 35.9 Å². The predicted molar refractivity (Wildman–Crippen MR) is 130 cm³/mol. The maximum atomic E-state index is 15.0. The molecule has 3 rings (SSSR count). The van der Waals surface area contributed by atoms with Gasteiger partial charge in [-0.25, -0.2) is 23.3 Å². The smallest absolute Gasteiger partial charge is 0.303 e. The highest BCUT2D eigenvalue weighted by molar-refractivity contribution is 7.92. The number of hydrogen-bond donors (Lipinski definition) is 3. The number of amides is 1.